The molecule has 0 bridgehead atoms. The van der Waals surface area contributed by atoms with Gasteiger partial charge in [-0.1, -0.05) is 53.5 Å². The van der Waals surface area contributed by atoms with Crippen LogP contribution < -0.4 is 38.9 Å². The summed E-state index contributed by atoms with van der Waals surface area (Å²) < 4.78 is 150. The van der Waals surface area contributed by atoms with Gasteiger partial charge in [-0.25, -0.2) is 47.0 Å². The number of nitrogens with zero attached hydrogens (tertiary/aromatic N) is 7. The molecule has 6 atom stereocenters. The van der Waals surface area contributed by atoms with Gasteiger partial charge >= 0.3 is 36.2 Å². The average Bonchev–Trinajstić information content (AvgIpc) is 1.65. The van der Waals surface area contributed by atoms with Crippen LogP contribution in [-0.2, 0) is 53.7 Å². The van der Waals surface area contributed by atoms with E-state index in [0.717, 1.165) is 17.5 Å². The number of carboxylic acids is 2. The van der Waals surface area contributed by atoms with Crippen LogP contribution in [0, 0.1) is 0 Å². The van der Waals surface area contributed by atoms with Crippen molar-refractivity contribution in [2.45, 2.75) is 112 Å². The van der Waals surface area contributed by atoms with Crippen molar-refractivity contribution in [2.75, 3.05) is 73.6 Å². The SMILES string of the molecule is CC(C)(C)S(=O)N[C@]1(C)COc2c1cc([C@](O)(CCC(=O)c1cc(OCCO)c3ncccc3c1)C(F)(F)F)nc2Cl.CC(C)(C)S(=O)N[C@]1(C)COc2c1cc([C@](O)(CN)C(F)(F)F)nc2Cl.COC(=O)c1cc(O)c2ncccc2c1.COC(=O)c1cc(OCCO)c2ncccc2c1.O=C(O)c1cc(O)c2ncccc2c1.O=C(O)c1cc(OCCO)c2ncccc2c1. The summed E-state index contributed by atoms with van der Waals surface area (Å²) >= 11 is 12.2. The molecule has 132 heavy (non-hydrogen) atoms. The van der Waals surface area contributed by atoms with E-state index < -0.39 is 132 Å². The first kappa shape index (κ1) is 103. The number of aromatic hydroxyl groups is 2. The minimum Gasteiger partial charge on any atom is -0.506 e. The molecule has 43 heteroatoms. The number of aliphatic hydroxyl groups excluding tert-OH is 3. The third-order valence-corrected chi connectivity index (χ3v) is 23.7. The number of hydrogen-bond acceptors (Lipinski definition) is 29. The number of ketones is 1. The maximum Gasteiger partial charge on any atom is 0.424 e. The van der Waals surface area contributed by atoms with E-state index in [-0.39, 0.29) is 115 Å². The summed E-state index contributed by atoms with van der Waals surface area (Å²) in [6.45, 7) is 12.1. The fraction of sp³-hybridized carbons (Fsp3) is 0.326. The number of benzene rings is 5. The van der Waals surface area contributed by atoms with Crippen molar-refractivity contribution in [3.05, 3.63) is 225 Å². The molecule has 0 amide bonds. The highest BCUT2D eigenvalue weighted by molar-refractivity contribution is 7.84. The number of fused-ring (bicyclic) bond motifs is 7. The van der Waals surface area contributed by atoms with E-state index in [4.69, 9.17) is 78.2 Å². The standard InChI is InChI=1S/C28H31ClF3N3O6S.C15H21ClF3N3O3S.C13H13NO4.C12H11NO4.C11H9NO3.C10H7NO3/c1-25(2,3)42(39)35-26(4)15-41-23-18(26)14-21(34-24(23)29)27(38,28(30,31)32)8-7-19(37)17-12-16-6-5-9-33-22(16)20(13-17)40-11-10-36;1-12(2,3)26(24)22-13(4)7-25-10-8(13)5-9(21-11(10)16)14(23,6-20)15(17,18)19;1-17-13(16)10-7-9-3-2-4-14-12(9)11(8-10)18-6-5-15;14-4-5-17-10-7-9(12(15)16)6-8-2-1-3-13-11(8)10;1-15-11(14)8-5-7-3-2-4-12-10(7)9(13)6-8;12-8-5-7(10(13)14)4-6-2-1-3-11-9(6)8/h5-6,9,12-14,35-36,38H,7-8,10-11,15H2,1-4H3;5,22-23H,6-7,20H2,1-4H3;2-4,7-8,15H,5-6H2,1H3;1-3,6-7,14H,4-5H2,(H,15,16);2-6,13H,1H3;1-5,12H,(H,13,14)/t26-,27-,42?;13-,14-,26?;;;;/m11..../s1. The van der Waals surface area contributed by atoms with Gasteiger partial charge in [-0.15, -0.1) is 0 Å². The quantitative estimate of drug-likeness (QED) is 0.0116. The second-order valence-electron chi connectivity index (χ2n) is 31.5. The number of ether oxygens (including phenoxy) is 7. The van der Waals surface area contributed by atoms with Crippen molar-refractivity contribution in [3.8, 4) is 40.2 Å². The van der Waals surface area contributed by atoms with Crippen LogP contribution in [0.3, 0.4) is 0 Å². The zero-order valence-electron chi connectivity index (χ0n) is 72.2. The number of phenolic OH excluding ortho intramolecular Hbond substituents is 2. The number of alkyl halides is 6. The topological polar surface area (TPSA) is 506 Å². The number of nitrogens with one attached hydrogen (secondary N) is 2. The number of methoxy groups -OCH3 is 2. The third-order valence-electron chi connectivity index (χ3n) is 19.7. The van der Waals surface area contributed by atoms with Crippen LogP contribution in [0.15, 0.2) is 164 Å². The predicted molar refractivity (Wildman–Crippen MR) is 475 cm³/mol. The summed E-state index contributed by atoms with van der Waals surface area (Å²) in [5.74, 6) is -2.71. The lowest BCUT2D eigenvalue weighted by Crippen LogP contribution is -2.50. The van der Waals surface area contributed by atoms with E-state index in [2.05, 4.69) is 53.8 Å². The van der Waals surface area contributed by atoms with Crippen molar-refractivity contribution in [2.24, 2.45) is 5.73 Å². The summed E-state index contributed by atoms with van der Waals surface area (Å²) in [5.41, 5.74) is -1.72. The van der Waals surface area contributed by atoms with Crippen LogP contribution in [-0.4, -0.2) is 214 Å². The molecule has 0 aliphatic carbocycles. The second kappa shape index (κ2) is 43.4. The molecule has 12 aromatic rings. The number of carbonyl (C=O) groups is 5. The molecular formula is C89H92Cl2F6N10O23S2. The lowest BCUT2D eigenvalue weighted by molar-refractivity contribution is -0.270. The van der Waals surface area contributed by atoms with Gasteiger partial charge in [0, 0.05) is 87.6 Å². The third kappa shape index (κ3) is 24.5. The Bertz CT molecular complexity index is 6300. The first-order valence-electron chi connectivity index (χ1n) is 39.6. The van der Waals surface area contributed by atoms with Crippen molar-refractivity contribution < 1.29 is 138 Å². The summed E-state index contributed by atoms with van der Waals surface area (Å²) in [7, 11) is -0.530. The van der Waals surface area contributed by atoms with Gasteiger partial charge in [0.1, 0.15) is 89.4 Å². The Morgan fingerprint density at radius 1 is 0.477 bits per heavy atom. The zero-order valence-corrected chi connectivity index (χ0v) is 75.3. The number of esters is 2. The Kier molecular flexibility index (Phi) is 34.0. The number of aromatic nitrogens is 7. The van der Waals surface area contributed by atoms with Gasteiger partial charge in [-0.3, -0.25) is 29.7 Å². The molecule has 2 aliphatic heterocycles. The fourth-order valence-corrected chi connectivity index (χ4v) is 15.0. The number of carbonyl (C=O) groups excluding carboxylic acids is 3. The fourth-order valence-electron chi connectivity index (χ4n) is 12.7. The van der Waals surface area contributed by atoms with Crippen LogP contribution in [0.2, 0.25) is 10.3 Å². The van der Waals surface area contributed by atoms with Crippen molar-refractivity contribution in [1.29, 1.82) is 0 Å². The van der Waals surface area contributed by atoms with Crippen LogP contribution in [0.1, 0.15) is 143 Å². The number of phenols is 2. The van der Waals surface area contributed by atoms with E-state index >= 15 is 0 Å². The first-order chi connectivity index (χ1) is 62.0. The maximum absolute atomic E-state index is 14.5. The Morgan fingerprint density at radius 3 is 1.11 bits per heavy atom. The molecule has 2 aliphatic rings. The Hall–Kier alpha value is -12.3. The molecule has 0 radical (unpaired) electrons. The molecule has 9 heterocycles. The summed E-state index contributed by atoms with van der Waals surface area (Å²) in [6.07, 6.45) is -4.17. The van der Waals surface area contributed by atoms with Crippen molar-refractivity contribution in [3.63, 3.8) is 0 Å². The zero-order chi connectivity index (χ0) is 97.4. The van der Waals surface area contributed by atoms with Crippen molar-refractivity contribution in [1.82, 2.24) is 44.3 Å². The highest BCUT2D eigenvalue weighted by Crippen LogP contribution is 2.50. The van der Waals surface area contributed by atoms with Gasteiger partial charge in [0.25, 0.3) is 0 Å². The summed E-state index contributed by atoms with van der Waals surface area (Å²) in [6, 6.07) is 34.0. The number of carboxylic acid groups (broad SMARTS) is 2. The van der Waals surface area contributed by atoms with Gasteiger partial charge in [-0.05, 0) is 165 Å². The molecule has 14 rings (SSSR count). The number of hydrogen-bond donors (Lipinski definition) is 12. The van der Waals surface area contributed by atoms with Gasteiger partial charge in [0.15, 0.2) is 27.6 Å². The van der Waals surface area contributed by atoms with E-state index in [1.807, 2.05) is 6.07 Å². The highest BCUT2D eigenvalue weighted by Gasteiger charge is 2.58. The molecule has 33 nitrogen and oxygen atoms in total. The molecule has 7 aromatic heterocycles. The van der Waals surface area contributed by atoms with E-state index in [1.54, 1.807) is 153 Å². The van der Waals surface area contributed by atoms with Gasteiger partial charge in [-0.2, -0.15) is 26.3 Å². The Balaban J connectivity index is 0.000000188. The van der Waals surface area contributed by atoms with Gasteiger partial charge in [0.2, 0.25) is 11.2 Å². The lowest BCUT2D eigenvalue weighted by Gasteiger charge is -2.32. The number of halogens is 8. The lowest BCUT2D eigenvalue weighted by atomic mass is 9.87. The van der Waals surface area contributed by atoms with E-state index in [9.17, 15) is 79.2 Å². The predicted octanol–water partition coefficient (Wildman–Crippen LogP) is 12.9. The van der Waals surface area contributed by atoms with E-state index in [0.29, 0.717) is 71.8 Å². The molecule has 0 saturated carbocycles. The number of nitrogens with two attached hydrogens (primary N) is 1. The van der Waals surface area contributed by atoms with E-state index in [1.165, 1.54) is 62.9 Å². The molecule has 5 aromatic carbocycles. The smallest absolute Gasteiger partial charge is 0.424 e. The molecule has 0 spiro atoms. The summed E-state index contributed by atoms with van der Waals surface area (Å²) in [4.78, 5) is 85.5. The normalized spacial score (nSPS) is 15.8. The van der Waals surface area contributed by atoms with Gasteiger partial charge in [0.05, 0.1) is 110 Å². The van der Waals surface area contributed by atoms with Crippen LogP contribution in [0.25, 0.3) is 54.5 Å². The molecule has 704 valence electrons. The minimum absolute atomic E-state index is 0.0118. The first-order valence-corrected chi connectivity index (χ1v) is 42.7. The molecular weight excluding hydrogens is 1830 g/mol. The monoisotopic (exact) mass is 1920 g/mol. The molecule has 13 N–H and O–H groups in total. The molecule has 0 fully saturated rings. The Morgan fingerprint density at radius 2 is 0.780 bits per heavy atom. The van der Waals surface area contributed by atoms with Crippen LogP contribution in [0.4, 0.5) is 26.3 Å². The second-order valence-corrected chi connectivity index (χ2v) is 36.1. The molecule has 0 saturated heterocycles. The molecule has 2 unspecified atom stereocenters. The van der Waals surface area contributed by atoms with Gasteiger partial charge < -0.3 is 84.9 Å². The summed E-state index contributed by atoms with van der Waals surface area (Å²) in [5, 5.41) is 87.2. The van der Waals surface area contributed by atoms with Crippen molar-refractivity contribution >= 4 is 129 Å². The Labute approximate surface area is 764 Å². The van der Waals surface area contributed by atoms with Crippen LogP contribution >= 0.6 is 23.2 Å². The average molecular weight is 1920 g/mol. The number of aromatic carboxylic acids is 2. The number of pyridine rings is 7. The number of Topliss-reactive ketones (excluding diaryl/α,β-unsaturated/α-hetero) is 1. The number of rotatable bonds is 24. The maximum atomic E-state index is 14.5. The highest BCUT2D eigenvalue weighted by atomic mass is 35.5. The van der Waals surface area contributed by atoms with Crippen LogP contribution in [0.5, 0.6) is 40.2 Å². The minimum atomic E-state index is -5.24. The largest absolute Gasteiger partial charge is 0.506 e. The number of aliphatic hydroxyl groups is 5.